The Morgan fingerprint density at radius 3 is 1.35 bits per heavy atom. The molecule has 12 bridgehead atoms. The van der Waals surface area contributed by atoms with Crippen LogP contribution in [0.25, 0.3) is 0 Å². The molecule has 26 unspecified atom stereocenters. The Bertz CT molecular complexity index is 2160. The highest BCUT2D eigenvalue weighted by molar-refractivity contribution is 5.79. The van der Waals surface area contributed by atoms with Gasteiger partial charge >= 0.3 is 29.8 Å². The van der Waals surface area contributed by atoms with Crippen LogP contribution in [0.2, 0.25) is 0 Å². The normalized spacial score (nSPS) is 45.2. The SMILES string of the molecule is C.C.C.C.C.C.CCC1(OC(=O)C2CC3CC2C2C4CC(C(C)C4C)C32)CCCC1.CCC1(OC(=O)CC(C)OC(=O)C2CC3CC2C(C)C3C)CC2CCC1C2.CCC1(OC(=O)COC(=O)C2CC3CC2C(C)C3C)CC2CCC1C2. The minimum absolute atomic E-state index is 0. The summed E-state index contributed by atoms with van der Waals surface area (Å²) in [7, 11) is 0. The molecule has 82 heavy (non-hydrogen) atoms. The van der Waals surface area contributed by atoms with Gasteiger partial charge in [0, 0.05) is 0 Å². The van der Waals surface area contributed by atoms with E-state index in [-0.39, 0.29) is 122 Å². The van der Waals surface area contributed by atoms with Gasteiger partial charge in [-0.3, -0.25) is 19.2 Å². The maximum Gasteiger partial charge on any atom is 0.344 e. The van der Waals surface area contributed by atoms with Crippen molar-refractivity contribution >= 4 is 29.8 Å². The van der Waals surface area contributed by atoms with Crippen LogP contribution in [0.15, 0.2) is 0 Å². The molecule has 13 saturated carbocycles. The molecule has 0 radical (unpaired) electrons. The summed E-state index contributed by atoms with van der Waals surface area (Å²) in [5.74, 6) is 14.0. The fraction of sp³-hybridized carbons (Fsp3) is 0.931. The van der Waals surface area contributed by atoms with Gasteiger partial charge in [0.25, 0.3) is 0 Å². The molecule has 26 atom stereocenters. The molecule has 13 aliphatic rings. The zero-order chi connectivity index (χ0) is 53.7. The lowest BCUT2D eigenvalue weighted by Gasteiger charge is -2.43. The third-order valence-electron chi connectivity index (χ3n) is 26.8. The van der Waals surface area contributed by atoms with Crippen LogP contribution in [0.1, 0.15) is 261 Å². The van der Waals surface area contributed by atoms with Gasteiger partial charge in [-0.1, -0.05) is 107 Å². The van der Waals surface area contributed by atoms with Crippen molar-refractivity contribution in [2.75, 3.05) is 6.61 Å². The van der Waals surface area contributed by atoms with Gasteiger partial charge in [-0.25, -0.2) is 4.79 Å². The van der Waals surface area contributed by atoms with E-state index in [1.807, 2.05) is 6.92 Å². The van der Waals surface area contributed by atoms with Crippen molar-refractivity contribution in [2.45, 2.75) is 284 Å². The Kier molecular flexibility index (Phi) is 23.2. The first kappa shape index (κ1) is 70.1. The summed E-state index contributed by atoms with van der Waals surface area (Å²) in [4.78, 5) is 63.1. The second kappa shape index (κ2) is 27.2. The predicted octanol–water partition coefficient (Wildman–Crippen LogP) is 17.6. The summed E-state index contributed by atoms with van der Waals surface area (Å²) < 4.78 is 29.2. The maximum atomic E-state index is 13.1. The van der Waals surface area contributed by atoms with E-state index in [1.165, 1.54) is 70.6 Å². The molecule has 0 spiro atoms. The number of rotatable bonds is 14. The summed E-state index contributed by atoms with van der Waals surface area (Å²) >= 11 is 0. The first-order valence-electron chi connectivity index (χ1n) is 32.3. The number of hydrogen-bond acceptors (Lipinski definition) is 10. The van der Waals surface area contributed by atoms with Crippen LogP contribution >= 0.6 is 0 Å². The Labute approximate surface area is 502 Å². The zero-order valence-corrected chi connectivity index (χ0v) is 48.9. The fourth-order valence-corrected chi connectivity index (χ4v) is 22.1. The van der Waals surface area contributed by atoms with E-state index in [4.69, 9.17) is 23.7 Å². The molecule has 474 valence electrons. The molecular weight excluding hydrogens is 1020 g/mol. The summed E-state index contributed by atoms with van der Waals surface area (Å²) in [6.45, 7) is 22.2. The van der Waals surface area contributed by atoms with Crippen LogP contribution < -0.4 is 0 Å². The van der Waals surface area contributed by atoms with E-state index in [0.717, 1.165) is 130 Å². The lowest BCUT2D eigenvalue weighted by atomic mass is 9.62. The van der Waals surface area contributed by atoms with Gasteiger partial charge in [0.15, 0.2) is 6.61 Å². The molecule has 0 aromatic rings. The lowest BCUT2D eigenvalue weighted by Crippen LogP contribution is -2.42. The molecule has 0 amide bonds. The number of hydrogen-bond donors (Lipinski definition) is 0. The third-order valence-corrected chi connectivity index (χ3v) is 26.8. The van der Waals surface area contributed by atoms with E-state index in [9.17, 15) is 24.0 Å². The average molecular weight is 1150 g/mol. The van der Waals surface area contributed by atoms with Crippen molar-refractivity contribution in [3.05, 3.63) is 0 Å². The molecule has 10 heteroatoms. The third kappa shape index (κ3) is 12.3. The van der Waals surface area contributed by atoms with E-state index >= 15 is 0 Å². The van der Waals surface area contributed by atoms with Crippen molar-refractivity contribution in [3.8, 4) is 0 Å². The predicted molar refractivity (Wildman–Crippen MR) is 331 cm³/mol. The molecule has 13 fully saturated rings. The van der Waals surface area contributed by atoms with Crippen LogP contribution in [0.3, 0.4) is 0 Å². The van der Waals surface area contributed by atoms with Crippen LogP contribution in [0, 0.1) is 136 Å². The number of esters is 5. The first-order chi connectivity index (χ1) is 36.3. The highest BCUT2D eigenvalue weighted by atomic mass is 16.6. The van der Waals surface area contributed by atoms with E-state index in [0.29, 0.717) is 59.2 Å². The smallest absolute Gasteiger partial charge is 0.344 e. The summed E-state index contributed by atoms with van der Waals surface area (Å²) in [6, 6.07) is 0. The first-order valence-corrected chi connectivity index (χ1v) is 32.3. The van der Waals surface area contributed by atoms with Crippen molar-refractivity contribution in [3.63, 3.8) is 0 Å². The zero-order valence-electron chi connectivity index (χ0n) is 48.9. The number of carbonyl (C=O) groups is 5. The highest BCUT2D eigenvalue weighted by Crippen LogP contribution is 2.71. The second-order valence-corrected chi connectivity index (χ2v) is 29.5. The molecule has 13 rings (SSSR count). The largest absolute Gasteiger partial charge is 0.462 e. The quantitative estimate of drug-likeness (QED) is 0.0941. The average Bonchev–Trinajstić information content (AvgIpc) is 2.48. The minimum Gasteiger partial charge on any atom is -0.462 e. The van der Waals surface area contributed by atoms with Gasteiger partial charge in [-0.2, -0.15) is 0 Å². The van der Waals surface area contributed by atoms with Crippen LogP contribution in [0.4, 0.5) is 0 Å². The standard InChI is InChI=1S/C23H36O4.C22H34O2.C21H32O4.6CH4/c1-5-23(12-16-6-7-18(23)9-16)27-21(24)8-13(2)26-22(25)20-11-17-10-19(20)15(4)14(17)3;1-4-22(7-5-6-8-22)24-21(23)18-10-14-9-17(18)20-16-11-15(19(14)20)12(2)13(16)3;1-4-21(10-14-5-6-16(21)7-14)25-19(22)11-24-20(23)18-9-15-8-17(18)13(3)12(15)2;;;;;;/h13-20H,5-12H2,1-4H3;12-20H,4-11H2,1-3H3;12-18H,4-11H2,1-3H3;6*1H4. The maximum absolute atomic E-state index is 13.1. The highest BCUT2D eigenvalue weighted by Gasteiger charge is 2.67. The van der Waals surface area contributed by atoms with E-state index in [2.05, 4.69) is 62.3 Å². The molecule has 0 heterocycles. The van der Waals surface area contributed by atoms with Crippen molar-refractivity contribution in [1.82, 2.24) is 0 Å². The molecule has 13 aliphatic carbocycles. The number of fused-ring (bicyclic) bond motifs is 17. The van der Waals surface area contributed by atoms with Crippen LogP contribution in [-0.2, 0) is 47.7 Å². The summed E-state index contributed by atoms with van der Waals surface area (Å²) in [5, 5.41) is 0. The number of carbonyl (C=O) groups excluding carboxylic acids is 5. The van der Waals surface area contributed by atoms with Crippen molar-refractivity contribution < 1.29 is 47.7 Å². The molecule has 0 N–H and O–H groups in total. The van der Waals surface area contributed by atoms with Gasteiger partial charge < -0.3 is 23.7 Å². The molecule has 0 aromatic carbocycles. The Hall–Kier alpha value is -2.65. The molecule has 0 aliphatic heterocycles. The number of ether oxygens (including phenoxy) is 5. The van der Waals surface area contributed by atoms with E-state index < -0.39 is 6.10 Å². The van der Waals surface area contributed by atoms with Crippen LogP contribution in [0.5, 0.6) is 0 Å². The lowest BCUT2D eigenvalue weighted by molar-refractivity contribution is -0.177. The van der Waals surface area contributed by atoms with Gasteiger partial charge in [0.05, 0.1) is 24.2 Å². The molecule has 0 aromatic heterocycles. The summed E-state index contributed by atoms with van der Waals surface area (Å²) in [6.07, 6.45) is 24.8. The Balaban J connectivity index is 0.000000218. The molecular formula is C72H126O10. The van der Waals surface area contributed by atoms with Crippen molar-refractivity contribution in [2.24, 2.45) is 136 Å². The second-order valence-electron chi connectivity index (χ2n) is 29.5. The van der Waals surface area contributed by atoms with Gasteiger partial charge in [-0.05, 0) is 267 Å². The van der Waals surface area contributed by atoms with Crippen molar-refractivity contribution in [1.29, 1.82) is 0 Å². The van der Waals surface area contributed by atoms with E-state index in [1.54, 1.807) is 0 Å². The fourth-order valence-electron chi connectivity index (χ4n) is 22.1. The van der Waals surface area contributed by atoms with Crippen LogP contribution in [-0.4, -0.2) is 59.4 Å². The van der Waals surface area contributed by atoms with Gasteiger partial charge in [0.1, 0.15) is 22.9 Å². The summed E-state index contributed by atoms with van der Waals surface area (Å²) in [5.41, 5.74) is -0.641. The Morgan fingerprint density at radius 2 is 0.902 bits per heavy atom. The van der Waals surface area contributed by atoms with Gasteiger partial charge in [0.2, 0.25) is 0 Å². The van der Waals surface area contributed by atoms with Gasteiger partial charge in [-0.15, -0.1) is 0 Å². The monoisotopic (exact) mass is 1150 g/mol. The molecule has 0 saturated heterocycles. The Morgan fingerprint density at radius 1 is 0.451 bits per heavy atom. The molecule has 10 nitrogen and oxygen atoms in total. The topological polar surface area (TPSA) is 132 Å². The minimum atomic E-state index is -0.399.